The molecule has 0 aromatic heterocycles. The van der Waals surface area contributed by atoms with Crippen LogP contribution < -0.4 is 0 Å². The maximum Gasteiger partial charge on any atom is 0.127 e. The maximum absolute atomic E-state index is 12.7. The second-order valence-electron chi connectivity index (χ2n) is 2.39. The summed E-state index contributed by atoms with van der Waals surface area (Å²) in [4.78, 5) is 0. The van der Waals surface area contributed by atoms with Crippen molar-refractivity contribution in [3.05, 3.63) is 11.4 Å². The van der Waals surface area contributed by atoms with Crippen molar-refractivity contribution < 1.29 is 9.13 Å². The van der Waals surface area contributed by atoms with E-state index in [2.05, 4.69) is 0 Å². The van der Waals surface area contributed by atoms with Gasteiger partial charge in [0.1, 0.15) is 11.9 Å². The number of ether oxygens (including phenoxy) is 1. The predicted octanol–water partition coefficient (Wildman–Crippen LogP) is 2.04. The van der Waals surface area contributed by atoms with Crippen LogP contribution in [0.4, 0.5) is 4.39 Å². The second-order valence-corrected chi connectivity index (χ2v) is 2.39. The molecule has 1 rings (SSSR count). The van der Waals surface area contributed by atoms with Gasteiger partial charge in [-0.25, -0.2) is 4.39 Å². The first-order chi connectivity index (χ1) is 4.22. The molecule has 9 heavy (non-hydrogen) atoms. The smallest absolute Gasteiger partial charge is 0.127 e. The highest BCUT2D eigenvalue weighted by atomic mass is 19.1. The topological polar surface area (TPSA) is 9.23 Å². The third-order valence-corrected chi connectivity index (χ3v) is 1.61. The largest absolute Gasteiger partial charge is 0.371 e. The van der Waals surface area contributed by atoms with E-state index in [9.17, 15) is 4.39 Å². The Morgan fingerprint density at radius 3 is 2.78 bits per heavy atom. The van der Waals surface area contributed by atoms with E-state index < -0.39 is 0 Å². The van der Waals surface area contributed by atoms with Crippen LogP contribution in [0.1, 0.15) is 20.3 Å². The summed E-state index contributed by atoms with van der Waals surface area (Å²) in [6.45, 7) is 4.22. The molecular weight excluding hydrogens is 119 g/mol. The second kappa shape index (κ2) is 2.48. The first kappa shape index (κ1) is 6.75. The Morgan fingerprint density at radius 1 is 1.67 bits per heavy atom. The molecule has 0 aromatic rings. The van der Waals surface area contributed by atoms with Crippen LogP contribution in [0.5, 0.6) is 0 Å². The van der Waals surface area contributed by atoms with E-state index in [0.717, 1.165) is 12.0 Å². The van der Waals surface area contributed by atoms with Crippen molar-refractivity contribution in [2.24, 2.45) is 0 Å². The van der Waals surface area contributed by atoms with Crippen LogP contribution in [0.15, 0.2) is 11.4 Å². The van der Waals surface area contributed by atoms with Crippen molar-refractivity contribution in [2.75, 3.05) is 6.61 Å². The molecular formula is C7H11FO. The minimum Gasteiger partial charge on any atom is -0.371 e. The third kappa shape index (κ3) is 1.30. The molecule has 1 atom stereocenters. The van der Waals surface area contributed by atoms with Crippen molar-refractivity contribution in [3.63, 3.8) is 0 Å². The predicted molar refractivity (Wildman–Crippen MR) is 33.8 cm³/mol. The molecule has 52 valence electrons. The maximum atomic E-state index is 12.7. The van der Waals surface area contributed by atoms with E-state index in [1.165, 1.54) is 0 Å². The van der Waals surface area contributed by atoms with Gasteiger partial charge >= 0.3 is 0 Å². The van der Waals surface area contributed by atoms with E-state index in [-0.39, 0.29) is 11.9 Å². The SMILES string of the molecule is CC1=C(F)[C@@H](C)OCC1. The summed E-state index contributed by atoms with van der Waals surface area (Å²) in [5.74, 6) is -0.0822. The lowest BCUT2D eigenvalue weighted by molar-refractivity contribution is 0.0622. The molecule has 1 aliphatic rings. The quantitative estimate of drug-likeness (QED) is 0.487. The molecule has 1 aliphatic heterocycles. The monoisotopic (exact) mass is 130 g/mol. The molecule has 0 N–H and O–H groups in total. The molecule has 0 unspecified atom stereocenters. The molecule has 0 aromatic carbocycles. The average molecular weight is 130 g/mol. The lowest BCUT2D eigenvalue weighted by Crippen LogP contribution is -2.16. The van der Waals surface area contributed by atoms with Gasteiger partial charge < -0.3 is 4.74 Å². The standard InChI is InChI=1S/C7H11FO/c1-5-3-4-9-6(2)7(5)8/h6H,3-4H2,1-2H3/t6-/m1/s1. The fraction of sp³-hybridized carbons (Fsp3) is 0.714. The lowest BCUT2D eigenvalue weighted by atomic mass is 10.1. The van der Waals surface area contributed by atoms with Crippen molar-refractivity contribution in [3.8, 4) is 0 Å². The van der Waals surface area contributed by atoms with Gasteiger partial charge in [-0.3, -0.25) is 0 Å². The molecule has 0 bridgehead atoms. The van der Waals surface area contributed by atoms with Gasteiger partial charge in [0.15, 0.2) is 0 Å². The molecule has 0 fully saturated rings. The normalized spacial score (nSPS) is 29.0. The molecule has 0 aliphatic carbocycles. The number of halogens is 1. The van der Waals surface area contributed by atoms with Gasteiger partial charge in [-0.05, 0) is 25.8 Å². The van der Waals surface area contributed by atoms with E-state index in [1.807, 2.05) is 6.92 Å². The molecule has 0 amide bonds. The Balaban J connectivity index is 2.72. The minimum atomic E-state index is -0.307. The van der Waals surface area contributed by atoms with Gasteiger partial charge in [0, 0.05) is 0 Å². The molecule has 1 nitrogen and oxygen atoms in total. The van der Waals surface area contributed by atoms with Crippen molar-refractivity contribution in [1.82, 2.24) is 0 Å². The minimum absolute atomic E-state index is 0.0822. The summed E-state index contributed by atoms with van der Waals surface area (Å²) in [5.41, 5.74) is 0.841. The van der Waals surface area contributed by atoms with Gasteiger partial charge in [-0.2, -0.15) is 0 Å². The van der Waals surface area contributed by atoms with Gasteiger partial charge in [0.05, 0.1) is 6.61 Å². The zero-order valence-corrected chi connectivity index (χ0v) is 5.78. The Labute approximate surface area is 54.5 Å². The van der Waals surface area contributed by atoms with Crippen LogP contribution in [0.3, 0.4) is 0 Å². The summed E-state index contributed by atoms with van der Waals surface area (Å²) in [6.07, 6.45) is 0.439. The highest BCUT2D eigenvalue weighted by molar-refractivity contribution is 5.10. The third-order valence-electron chi connectivity index (χ3n) is 1.61. The van der Waals surface area contributed by atoms with Crippen molar-refractivity contribution >= 4 is 0 Å². The van der Waals surface area contributed by atoms with E-state index in [4.69, 9.17) is 4.74 Å². The van der Waals surface area contributed by atoms with E-state index in [0.29, 0.717) is 6.61 Å². The van der Waals surface area contributed by atoms with E-state index in [1.54, 1.807) is 6.92 Å². The fourth-order valence-electron chi connectivity index (χ4n) is 0.928. The van der Waals surface area contributed by atoms with Gasteiger partial charge in [0.2, 0.25) is 0 Å². The Morgan fingerprint density at radius 2 is 2.33 bits per heavy atom. The zero-order valence-electron chi connectivity index (χ0n) is 5.78. The van der Waals surface area contributed by atoms with Crippen molar-refractivity contribution in [2.45, 2.75) is 26.4 Å². The first-order valence-corrected chi connectivity index (χ1v) is 3.18. The van der Waals surface area contributed by atoms with Crippen LogP contribution in [-0.2, 0) is 4.74 Å². The van der Waals surface area contributed by atoms with Gasteiger partial charge in [-0.15, -0.1) is 0 Å². The average Bonchev–Trinajstić information content (AvgIpc) is 1.83. The fourth-order valence-corrected chi connectivity index (χ4v) is 0.928. The number of hydrogen-bond acceptors (Lipinski definition) is 1. The summed E-state index contributed by atoms with van der Waals surface area (Å²) in [6, 6.07) is 0. The number of hydrogen-bond donors (Lipinski definition) is 0. The summed E-state index contributed by atoms with van der Waals surface area (Å²) in [5, 5.41) is 0. The summed E-state index contributed by atoms with van der Waals surface area (Å²) in [7, 11) is 0. The number of rotatable bonds is 0. The van der Waals surface area contributed by atoms with Crippen LogP contribution in [0.2, 0.25) is 0 Å². The highest BCUT2D eigenvalue weighted by Gasteiger charge is 2.16. The Kier molecular flexibility index (Phi) is 1.86. The molecule has 2 heteroatoms. The summed E-state index contributed by atoms with van der Waals surface area (Å²) >= 11 is 0. The van der Waals surface area contributed by atoms with Crippen LogP contribution in [0.25, 0.3) is 0 Å². The zero-order chi connectivity index (χ0) is 6.85. The highest BCUT2D eigenvalue weighted by Crippen LogP contribution is 2.21. The van der Waals surface area contributed by atoms with Crippen molar-refractivity contribution in [1.29, 1.82) is 0 Å². The van der Waals surface area contributed by atoms with Crippen LogP contribution in [-0.4, -0.2) is 12.7 Å². The molecule has 1 heterocycles. The lowest BCUT2D eigenvalue weighted by Gasteiger charge is -2.18. The molecule has 0 saturated carbocycles. The Bertz CT molecular complexity index is 140. The molecule has 0 saturated heterocycles. The summed E-state index contributed by atoms with van der Waals surface area (Å²) < 4.78 is 17.8. The van der Waals surface area contributed by atoms with Crippen LogP contribution >= 0.6 is 0 Å². The van der Waals surface area contributed by atoms with Gasteiger partial charge in [-0.1, -0.05) is 0 Å². The van der Waals surface area contributed by atoms with E-state index >= 15 is 0 Å². The molecule has 0 spiro atoms. The Hall–Kier alpha value is -0.370. The first-order valence-electron chi connectivity index (χ1n) is 3.18. The molecule has 0 radical (unpaired) electrons. The van der Waals surface area contributed by atoms with Gasteiger partial charge in [0.25, 0.3) is 0 Å². The van der Waals surface area contributed by atoms with Crippen LogP contribution in [0, 0.1) is 0 Å².